The Kier molecular flexibility index (Phi) is 4.74. The lowest BCUT2D eigenvalue weighted by atomic mass is 10.1. The lowest BCUT2D eigenvalue weighted by Crippen LogP contribution is -2.25. The highest BCUT2D eigenvalue weighted by Crippen LogP contribution is 2.43. The van der Waals surface area contributed by atoms with E-state index in [0.29, 0.717) is 5.41 Å². The Hall–Kier alpha value is -0.0800. The van der Waals surface area contributed by atoms with E-state index in [2.05, 4.69) is 19.2 Å². The highest BCUT2D eigenvalue weighted by atomic mass is 16.5. The molecule has 0 aliphatic heterocycles. The Balaban J connectivity index is 1.74. The quantitative estimate of drug-likeness (QED) is 0.585. The average molecular weight is 185 g/mol. The monoisotopic (exact) mass is 185 g/mol. The lowest BCUT2D eigenvalue weighted by Gasteiger charge is -2.09. The number of ether oxygens (including phenoxy) is 1. The van der Waals surface area contributed by atoms with Gasteiger partial charge in [-0.25, -0.2) is 0 Å². The standard InChI is InChI=1S/C11H23NO/c1-3-4-8-13-9-7-12-10-11(2)5-6-11/h12H,3-10H2,1-2H3. The first-order chi connectivity index (χ1) is 6.27. The highest BCUT2D eigenvalue weighted by molar-refractivity contribution is 4.90. The van der Waals surface area contributed by atoms with Gasteiger partial charge in [0.1, 0.15) is 0 Å². The van der Waals surface area contributed by atoms with Crippen molar-refractivity contribution >= 4 is 0 Å². The molecule has 1 rings (SSSR count). The fourth-order valence-corrected chi connectivity index (χ4v) is 1.27. The predicted octanol–water partition coefficient (Wildman–Crippen LogP) is 2.19. The third-order valence-corrected chi connectivity index (χ3v) is 2.72. The van der Waals surface area contributed by atoms with Gasteiger partial charge in [0.15, 0.2) is 0 Å². The van der Waals surface area contributed by atoms with E-state index in [9.17, 15) is 0 Å². The Labute approximate surface area is 82.0 Å². The largest absolute Gasteiger partial charge is 0.380 e. The van der Waals surface area contributed by atoms with Crippen molar-refractivity contribution in [2.45, 2.75) is 39.5 Å². The molecule has 0 saturated heterocycles. The second kappa shape index (κ2) is 5.61. The summed E-state index contributed by atoms with van der Waals surface area (Å²) < 4.78 is 5.45. The molecule has 0 aromatic carbocycles. The molecule has 0 atom stereocenters. The summed E-state index contributed by atoms with van der Waals surface area (Å²) in [5.41, 5.74) is 0.628. The van der Waals surface area contributed by atoms with Crippen LogP contribution in [0.3, 0.4) is 0 Å². The van der Waals surface area contributed by atoms with E-state index in [1.54, 1.807) is 0 Å². The second-order valence-electron chi connectivity index (χ2n) is 4.45. The highest BCUT2D eigenvalue weighted by Gasteiger charge is 2.36. The first-order valence-corrected chi connectivity index (χ1v) is 5.55. The third-order valence-electron chi connectivity index (χ3n) is 2.72. The number of unbranched alkanes of at least 4 members (excludes halogenated alkanes) is 1. The maximum atomic E-state index is 5.45. The zero-order valence-electron chi connectivity index (χ0n) is 9.07. The van der Waals surface area contributed by atoms with Crippen LogP contribution in [0.5, 0.6) is 0 Å². The smallest absolute Gasteiger partial charge is 0.0590 e. The normalized spacial score (nSPS) is 18.9. The molecule has 0 aromatic rings. The molecule has 0 unspecified atom stereocenters. The summed E-state index contributed by atoms with van der Waals surface area (Å²) in [5.74, 6) is 0. The van der Waals surface area contributed by atoms with E-state index < -0.39 is 0 Å². The van der Waals surface area contributed by atoms with Gasteiger partial charge >= 0.3 is 0 Å². The van der Waals surface area contributed by atoms with Crippen LogP contribution in [0, 0.1) is 5.41 Å². The molecule has 0 aromatic heterocycles. The van der Waals surface area contributed by atoms with Gasteiger partial charge in [0.2, 0.25) is 0 Å². The van der Waals surface area contributed by atoms with Crippen LogP contribution in [-0.2, 0) is 4.74 Å². The molecule has 1 N–H and O–H groups in total. The summed E-state index contributed by atoms with van der Waals surface area (Å²) in [7, 11) is 0. The van der Waals surface area contributed by atoms with Crippen LogP contribution < -0.4 is 5.32 Å². The minimum atomic E-state index is 0.628. The molecule has 0 heterocycles. The van der Waals surface area contributed by atoms with Gasteiger partial charge in [0.25, 0.3) is 0 Å². The minimum Gasteiger partial charge on any atom is -0.380 e. The van der Waals surface area contributed by atoms with Crippen LogP contribution in [0.1, 0.15) is 39.5 Å². The summed E-state index contributed by atoms with van der Waals surface area (Å²) >= 11 is 0. The van der Waals surface area contributed by atoms with Crippen molar-refractivity contribution in [1.29, 1.82) is 0 Å². The van der Waals surface area contributed by atoms with E-state index >= 15 is 0 Å². The molecule has 1 fully saturated rings. The predicted molar refractivity (Wildman–Crippen MR) is 55.9 cm³/mol. The number of hydrogen-bond donors (Lipinski definition) is 1. The van der Waals surface area contributed by atoms with Crippen molar-refractivity contribution in [3.63, 3.8) is 0 Å². The van der Waals surface area contributed by atoms with E-state index in [0.717, 1.165) is 19.8 Å². The Morgan fingerprint density at radius 3 is 2.69 bits per heavy atom. The zero-order chi connectivity index (χ0) is 9.57. The maximum absolute atomic E-state index is 5.45. The maximum Gasteiger partial charge on any atom is 0.0590 e. The summed E-state index contributed by atoms with van der Waals surface area (Å²) in [5, 5.41) is 3.44. The first kappa shape index (κ1) is 11.0. The molecule has 0 bridgehead atoms. The molecular formula is C11H23NO. The molecule has 0 spiro atoms. The fraction of sp³-hybridized carbons (Fsp3) is 1.00. The molecule has 1 saturated carbocycles. The molecule has 0 radical (unpaired) electrons. The molecule has 0 amide bonds. The van der Waals surface area contributed by atoms with Crippen LogP contribution in [0.4, 0.5) is 0 Å². The van der Waals surface area contributed by atoms with Crippen LogP contribution in [0.2, 0.25) is 0 Å². The van der Waals surface area contributed by atoms with Crippen LogP contribution >= 0.6 is 0 Å². The summed E-state index contributed by atoms with van der Waals surface area (Å²) in [6.45, 7) is 8.52. The Bertz CT molecular complexity index is 132. The van der Waals surface area contributed by atoms with Gasteiger partial charge in [-0.05, 0) is 24.7 Å². The topological polar surface area (TPSA) is 21.3 Å². The van der Waals surface area contributed by atoms with E-state index in [4.69, 9.17) is 4.74 Å². The van der Waals surface area contributed by atoms with Gasteiger partial charge in [-0.3, -0.25) is 0 Å². The SMILES string of the molecule is CCCCOCCNCC1(C)CC1. The van der Waals surface area contributed by atoms with Crippen LogP contribution in [-0.4, -0.2) is 26.3 Å². The Morgan fingerprint density at radius 1 is 1.31 bits per heavy atom. The van der Waals surface area contributed by atoms with Gasteiger partial charge in [-0.1, -0.05) is 20.3 Å². The number of nitrogens with one attached hydrogen (secondary N) is 1. The summed E-state index contributed by atoms with van der Waals surface area (Å²) in [4.78, 5) is 0. The van der Waals surface area contributed by atoms with E-state index in [1.807, 2.05) is 0 Å². The number of rotatable bonds is 8. The molecule has 13 heavy (non-hydrogen) atoms. The molecule has 2 heteroatoms. The Morgan fingerprint density at radius 2 is 2.08 bits per heavy atom. The van der Waals surface area contributed by atoms with Gasteiger partial charge in [-0.2, -0.15) is 0 Å². The van der Waals surface area contributed by atoms with Crippen molar-refractivity contribution < 1.29 is 4.74 Å². The second-order valence-corrected chi connectivity index (χ2v) is 4.45. The number of hydrogen-bond acceptors (Lipinski definition) is 2. The summed E-state index contributed by atoms with van der Waals surface area (Å²) in [6.07, 6.45) is 5.22. The van der Waals surface area contributed by atoms with Crippen LogP contribution in [0.15, 0.2) is 0 Å². The van der Waals surface area contributed by atoms with Gasteiger partial charge in [0.05, 0.1) is 6.61 Å². The van der Waals surface area contributed by atoms with Gasteiger partial charge in [0, 0.05) is 19.7 Å². The molecular weight excluding hydrogens is 162 g/mol. The lowest BCUT2D eigenvalue weighted by molar-refractivity contribution is 0.132. The third kappa shape index (κ3) is 5.27. The van der Waals surface area contributed by atoms with Crippen molar-refractivity contribution in [3.05, 3.63) is 0 Å². The molecule has 1 aliphatic carbocycles. The van der Waals surface area contributed by atoms with Crippen molar-refractivity contribution in [2.24, 2.45) is 5.41 Å². The van der Waals surface area contributed by atoms with Crippen molar-refractivity contribution in [1.82, 2.24) is 5.32 Å². The van der Waals surface area contributed by atoms with Crippen molar-refractivity contribution in [2.75, 3.05) is 26.3 Å². The molecule has 78 valence electrons. The fourth-order valence-electron chi connectivity index (χ4n) is 1.27. The average Bonchev–Trinajstić information content (AvgIpc) is 2.83. The van der Waals surface area contributed by atoms with Crippen molar-refractivity contribution in [3.8, 4) is 0 Å². The zero-order valence-corrected chi connectivity index (χ0v) is 9.07. The summed E-state index contributed by atoms with van der Waals surface area (Å²) in [6, 6.07) is 0. The first-order valence-electron chi connectivity index (χ1n) is 5.55. The van der Waals surface area contributed by atoms with E-state index in [1.165, 1.54) is 32.2 Å². The molecule has 2 nitrogen and oxygen atoms in total. The minimum absolute atomic E-state index is 0.628. The molecule has 1 aliphatic rings. The van der Waals surface area contributed by atoms with Gasteiger partial charge in [-0.15, -0.1) is 0 Å². The van der Waals surface area contributed by atoms with Crippen LogP contribution in [0.25, 0.3) is 0 Å². The van der Waals surface area contributed by atoms with E-state index in [-0.39, 0.29) is 0 Å². The van der Waals surface area contributed by atoms with Gasteiger partial charge < -0.3 is 10.1 Å².